The van der Waals surface area contributed by atoms with E-state index in [0.29, 0.717) is 5.54 Å². The van der Waals surface area contributed by atoms with E-state index in [4.69, 9.17) is 0 Å². The molecule has 0 amide bonds. The lowest BCUT2D eigenvalue weighted by molar-refractivity contribution is 0.179. The van der Waals surface area contributed by atoms with Gasteiger partial charge < -0.3 is 10.2 Å². The summed E-state index contributed by atoms with van der Waals surface area (Å²) < 4.78 is 0. The lowest BCUT2D eigenvalue weighted by atomic mass is 9.78. The van der Waals surface area contributed by atoms with Crippen LogP contribution in [0.1, 0.15) is 52.4 Å². The summed E-state index contributed by atoms with van der Waals surface area (Å²) in [7, 11) is 2.25. The smallest absolute Gasteiger partial charge is 0.0205 e. The fourth-order valence-corrected chi connectivity index (χ4v) is 3.64. The van der Waals surface area contributed by atoms with Crippen molar-refractivity contribution >= 4 is 0 Å². The molecule has 2 rings (SSSR count). The number of hydrogen-bond donors (Lipinski definition) is 1. The third kappa shape index (κ3) is 3.23. The summed E-state index contributed by atoms with van der Waals surface area (Å²) in [6.45, 7) is 8.66. The van der Waals surface area contributed by atoms with Crippen LogP contribution in [0.3, 0.4) is 0 Å². The Kier molecular flexibility index (Phi) is 4.48. The largest absolute Gasteiger partial charge is 0.311 e. The van der Waals surface area contributed by atoms with Gasteiger partial charge in [-0.25, -0.2) is 0 Å². The van der Waals surface area contributed by atoms with Crippen molar-refractivity contribution in [3.63, 3.8) is 0 Å². The molecule has 0 spiro atoms. The standard InChI is InChI=1S/C15H30N2/c1-13(2)15(8-4-10-16-15)9-5-14-6-11-17(3)12-7-14/h13-14,16H,4-12H2,1-3H3. The number of nitrogens with one attached hydrogen (secondary N) is 1. The maximum Gasteiger partial charge on any atom is 0.0205 e. The predicted molar refractivity (Wildman–Crippen MR) is 74.3 cm³/mol. The first-order chi connectivity index (χ1) is 8.12. The molecule has 0 saturated carbocycles. The molecule has 1 N–H and O–H groups in total. The fraction of sp³-hybridized carbons (Fsp3) is 1.00. The number of rotatable bonds is 4. The summed E-state index contributed by atoms with van der Waals surface area (Å²) in [6, 6.07) is 0. The minimum atomic E-state index is 0.476. The molecule has 2 aliphatic rings. The van der Waals surface area contributed by atoms with Gasteiger partial charge in [-0.05, 0) is 77.0 Å². The average molecular weight is 238 g/mol. The Balaban J connectivity index is 1.80. The van der Waals surface area contributed by atoms with Crippen LogP contribution in [0.2, 0.25) is 0 Å². The van der Waals surface area contributed by atoms with E-state index in [9.17, 15) is 0 Å². The first-order valence-corrected chi connectivity index (χ1v) is 7.56. The van der Waals surface area contributed by atoms with Crippen LogP contribution in [-0.4, -0.2) is 37.1 Å². The van der Waals surface area contributed by atoms with Crippen LogP contribution in [0.4, 0.5) is 0 Å². The van der Waals surface area contributed by atoms with Gasteiger partial charge in [-0.15, -0.1) is 0 Å². The van der Waals surface area contributed by atoms with Gasteiger partial charge in [0.05, 0.1) is 0 Å². The van der Waals surface area contributed by atoms with Crippen molar-refractivity contribution in [3.05, 3.63) is 0 Å². The van der Waals surface area contributed by atoms with Crippen LogP contribution in [0, 0.1) is 11.8 Å². The van der Waals surface area contributed by atoms with Gasteiger partial charge >= 0.3 is 0 Å². The SMILES string of the molecule is CC(C)C1(CCC2CCN(C)CC2)CCCN1. The molecule has 1 atom stereocenters. The molecule has 2 saturated heterocycles. The van der Waals surface area contributed by atoms with Gasteiger partial charge in [0.2, 0.25) is 0 Å². The Morgan fingerprint density at radius 2 is 2.00 bits per heavy atom. The van der Waals surface area contributed by atoms with Crippen LogP contribution in [0.5, 0.6) is 0 Å². The maximum absolute atomic E-state index is 3.81. The molecule has 0 aliphatic carbocycles. The maximum atomic E-state index is 3.81. The highest BCUT2D eigenvalue weighted by molar-refractivity contribution is 4.95. The Morgan fingerprint density at radius 1 is 1.29 bits per heavy atom. The van der Waals surface area contributed by atoms with Crippen LogP contribution < -0.4 is 5.32 Å². The zero-order valence-corrected chi connectivity index (χ0v) is 12.0. The molecule has 0 aromatic carbocycles. The molecule has 0 aromatic heterocycles. The van der Waals surface area contributed by atoms with Crippen LogP contribution >= 0.6 is 0 Å². The Bertz CT molecular complexity index is 223. The molecule has 2 aliphatic heterocycles. The minimum absolute atomic E-state index is 0.476. The van der Waals surface area contributed by atoms with Crippen LogP contribution in [-0.2, 0) is 0 Å². The minimum Gasteiger partial charge on any atom is -0.311 e. The summed E-state index contributed by atoms with van der Waals surface area (Å²) in [4.78, 5) is 2.47. The van der Waals surface area contributed by atoms with Crippen molar-refractivity contribution in [1.82, 2.24) is 10.2 Å². The fourth-order valence-electron chi connectivity index (χ4n) is 3.64. The zero-order chi connectivity index (χ0) is 12.3. The van der Waals surface area contributed by atoms with Gasteiger partial charge in [0.1, 0.15) is 0 Å². The third-order valence-corrected chi connectivity index (χ3v) is 5.22. The first-order valence-electron chi connectivity index (χ1n) is 7.56. The highest BCUT2D eigenvalue weighted by Gasteiger charge is 2.36. The van der Waals surface area contributed by atoms with Crippen molar-refractivity contribution in [2.24, 2.45) is 11.8 Å². The van der Waals surface area contributed by atoms with E-state index in [1.807, 2.05) is 0 Å². The average Bonchev–Trinajstić information content (AvgIpc) is 2.78. The summed E-state index contributed by atoms with van der Waals surface area (Å²) >= 11 is 0. The summed E-state index contributed by atoms with van der Waals surface area (Å²) in [5, 5.41) is 3.81. The summed E-state index contributed by atoms with van der Waals surface area (Å²) in [5.41, 5.74) is 0.476. The normalized spacial score (nSPS) is 32.5. The Labute approximate surface area is 107 Å². The van der Waals surface area contributed by atoms with Gasteiger partial charge in [-0.2, -0.15) is 0 Å². The lowest BCUT2D eigenvalue weighted by Gasteiger charge is -2.37. The first kappa shape index (κ1) is 13.4. The van der Waals surface area contributed by atoms with E-state index in [1.165, 1.54) is 58.2 Å². The number of nitrogens with zero attached hydrogens (tertiary/aromatic N) is 1. The van der Waals surface area contributed by atoms with Gasteiger partial charge in [-0.1, -0.05) is 13.8 Å². The van der Waals surface area contributed by atoms with E-state index in [1.54, 1.807) is 0 Å². The van der Waals surface area contributed by atoms with Crippen molar-refractivity contribution in [3.8, 4) is 0 Å². The quantitative estimate of drug-likeness (QED) is 0.810. The topological polar surface area (TPSA) is 15.3 Å². The highest BCUT2D eigenvalue weighted by atomic mass is 15.1. The molecule has 0 aromatic rings. The second kappa shape index (κ2) is 5.71. The Morgan fingerprint density at radius 3 is 2.53 bits per heavy atom. The van der Waals surface area contributed by atoms with E-state index in [-0.39, 0.29) is 0 Å². The van der Waals surface area contributed by atoms with Crippen molar-refractivity contribution in [2.45, 2.75) is 57.9 Å². The molecule has 17 heavy (non-hydrogen) atoms. The third-order valence-electron chi connectivity index (χ3n) is 5.22. The van der Waals surface area contributed by atoms with Gasteiger partial charge in [0, 0.05) is 5.54 Å². The molecule has 2 fully saturated rings. The molecule has 2 nitrogen and oxygen atoms in total. The molecule has 2 heteroatoms. The summed E-state index contributed by atoms with van der Waals surface area (Å²) in [6.07, 6.45) is 8.47. The Hall–Kier alpha value is -0.0800. The van der Waals surface area contributed by atoms with Crippen molar-refractivity contribution in [1.29, 1.82) is 0 Å². The lowest BCUT2D eigenvalue weighted by Crippen LogP contribution is -2.45. The van der Waals surface area contributed by atoms with Crippen LogP contribution in [0.15, 0.2) is 0 Å². The van der Waals surface area contributed by atoms with Gasteiger partial charge in [-0.3, -0.25) is 0 Å². The van der Waals surface area contributed by atoms with Gasteiger partial charge in [0.15, 0.2) is 0 Å². The monoisotopic (exact) mass is 238 g/mol. The van der Waals surface area contributed by atoms with E-state index in [0.717, 1.165) is 11.8 Å². The van der Waals surface area contributed by atoms with E-state index in [2.05, 4.69) is 31.1 Å². The van der Waals surface area contributed by atoms with Crippen molar-refractivity contribution < 1.29 is 0 Å². The molecule has 0 bridgehead atoms. The molecule has 2 heterocycles. The highest BCUT2D eigenvalue weighted by Crippen LogP contribution is 2.34. The zero-order valence-electron chi connectivity index (χ0n) is 12.0. The second-order valence-electron chi connectivity index (χ2n) is 6.63. The molecule has 100 valence electrons. The van der Waals surface area contributed by atoms with Crippen molar-refractivity contribution in [2.75, 3.05) is 26.7 Å². The number of hydrogen-bond acceptors (Lipinski definition) is 2. The number of likely N-dealkylation sites (tertiary alicyclic amines) is 1. The molecular formula is C15H30N2. The van der Waals surface area contributed by atoms with Crippen LogP contribution in [0.25, 0.3) is 0 Å². The molecule has 1 unspecified atom stereocenters. The number of piperidine rings is 1. The summed E-state index contributed by atoms with van der Waals surface area (Å²) in [5.74, 6) is 1.78. The molecular weight excluding hydrogens is 208 g/mol. The van der Waals surface area contributed by atoms with Gasteiger partial charge in [0.25, 0.3) is 0 Å². The molecule has 0 radical (unpaired) electrons. The predicted octanol–water partition coefficient (Wildman–Crippen LogP) is 2.89. The second-order valence-corrected chi connectivity index (χ2v) is 6.63. The van der Waals surface area contributed by atoms with E-state index >= 15 is 0 Å². The van der Waals surface area contributed by atoms with E-state index < -0.39 is 0 Å².